The number of likely N-dealkylation sites (tertiary alicyclic amines) is 1. The van der Waals surface area contributed by atoms with Gasteiger partial charge in [0.05, 0.1) is 31.4 Å². The lowest BCUT2D eigenvalue weighted by atomic mass is 10.0. The number of ether oxygens (including phenoxy) is 1. The van der Waals surface area contributed by atoms with E-state index in [9.17, 15) is 33.0 Å². The number of nitrogens with one attached hydrogen (secondary N) is 3. The van der Waals surface area contributed by atoms with Crippen molar-refractivity contribution in [1.29, 1.82) is 0 Å². The molecule has 5 N–H and O–H groups in total. The number of carbonyl (C=O) groups is 3. The normalized spacial score (nSPS) is 35.8. The molecule has 210 valence electrons. The number of piperazine rings is 1. The molecule has 3 amide bonds. The number of amides is 3. The number of aromatic amines is 1. The highest BCUT2D eigenvalue weighted by atomic mass is 32.2. The first kappa shape index (κ1) is 27.0. The van der Waals surface area contributed by atoms with Gasteiger partial charge in [-0.1, -0.05) is 0 Å². The standard InChI is InChI=1S/C22H33N7O8S/c1-38(35,36)29-5-4-27-10-14(29)21(33)25-8-16-20(32)19(31)15(37-16)7-18(30)26-12-6-13(22(27)34)28(9-12)11-17-23-2-3-24-17/h2-3,12-16,19-20,31-32H,4-11H2,1H3,(H,23,24)(H,25,33)(H,26,30)/t12-,13-,14-,15-,16+,19-,20+/m0/s1. The smallest absolute Gasteiger partial charge is 0.240 e. The minimum atomic E-state index is -3.77. The molecule has 4 aliphatic heterocycles. The van der Waals surface area contributed by atoms with Gasteiger partial charge in [-0.25, -0.2) is 13.4 Å². The SMILES string of the molecule is CS(=O)(=O)N1CCN2C[C@H]1C(=O)NC[C@H]1O[C@@H](CC(=O)N[C@H]3C[C@@H](C2=O)N(Cc2ncc[nH]2)C3)[C@H](O)[C@@H]1O. The summed E-state index contributed by atoms with van der Waals surface area (Å²) in [5.74, 6) is -0.665. The summed E-state index contributed by atoms with van der Waals surface area (Å²) in [7, 11) is -3.77. The summed E-state index contributed by atoms with van der Waals surface area (Å²) in [6.07, 6.45) is -0.306. The largest absolute Gasteiger partial charge is 0.388 e. The lowest BCUT2D eigenvalue weighted by molar-refractivity contribution is -0.140. The van der Waals surface area contributed by atoms with E-state index in [0.29, 0.717) is 25.3 Å². The van der Waals surface area contributed by atoms with Crippen LogP contribution in [-0.2, 0) is 35.7 Å². The lowest BCUT2D eigenvalue weighted by Crippen LogP contribution is -2.63. The number of aromatic nitrogens is 2. The maximum atomic E-state index is 13.7. The average Bonchev–Trinajstić information content (AvgIpc) is 3.58. The summed E-state index contributed by atoms with van der Waals surface area (Å²) >= 11 is 0. The topological polar surface area (TPSA) is 197 Å². The quantitative estimate of drug-likeness (QED) is 0.245. The molecule has 7 atom stereocenters. The number of hydrogen-bond donors (Lipinski definition) is 5. The molecular weight excluding hydrogens is 522 g/mol. The number of rotatable bonds is 3. The van der Waals surface area contributed by atoms with Gasteiger partial charge in [0, 0.05) is 51.2 Å². The van der Waals surface area contributed by atoms with Gasteiger partial charge in [-0.15, -0.1) is 0 Å². The van der Waals surface area contributed by atoms with E-state index in [0.717, 1.165) is 10.6 Å². The second-order valence-corrected chi connectivity index (χ2v) is 12.2. The van der Waals surface area contributed by atoms with Crippen LogP contribution in [0.2, 0.25) is 0 Å². The van der Waals surface area contributed by atoms with Crippen LogP contribution < -0.4 is 10.6 Å². The molecule has 4 fully saturated rings. The van der Waals surface area contributed by atoms with E-state index in [-0.39, 0.29) is 44.5 Å². The Bertz CT molecular complexity index is 1160. The van der Waals surface area contributed by atoms with Gasteiger partial charge < -0.3 is 35.5 Å². The van der Waals surface area contributed by atoms with Gasteiger partial charge in [0.25, 0.3) is 0 Å². The molecule has 0 unspecified atom stereocenters. The fraction of sp³-hybridized carbons (Fsp3) is 0.727. The molecule has 6 bridgehead atoms. The molecule has 15 nitrogen and oxygen atoms in total. The van der Waals surface area contributed by atoms with Crippen molar-refractivity contribution < 1.29 is 37.8 Å². The van der Waals surface area contributed by atoms with E-state index < -0.39 is 58.3 Å². The van der Waals surface area contributed by atoms with Crippen LogP contribution >= 0.6 is 0 Å². The van der Waals surface area contributed by atoms with E-state index in [1.165, 1.54) is 4.90 Å². The Morgan fingerprint density at radius 2 is 1.87 bits per heavy atom. The minimum Gasteiger partial charge on any atom is -0.388 e. The zero-order valence-electron chi connectivity index (χ0n) is 20.9. The molecule has 0 saturated carbocycles. The van der Waals surface area contributed by atoms with E-state index in [1.807, 2.05) is 4.90 Å². The molecule has 0 spiro atoms. The third-order valence-electron chi connectivity index (χ3n) is 7.66. The highest BCUT2D eigenvalue weighted by molar-refractivity contribution is 7.88. The Morgan fingerprint density at radius 3 is 2.58 bits per heavy atom. The highest BCUT2D eigenvalue weighted by Gasteiger charge is 2.47. The first-order valence-corrected chi connectivity index (χ1v) is 14.4. The van der Waals surface area contributed by atoms with Gasteiger partial charge in [-0.05, 0) is 6.42 Å². The molecule has 4 aliphatic rings. The van der Waals surface area contributed by atoms with Crippen LogP contribution in [0.3, 0.4) is 0 Å². The zero-order chi connectivity index (χ0) is 27.2. The Balaban J connectivity index is 1.44. The van der Waals surface area contributed by atoms with Gasteiger partial charge in [-0.3, -0.25) is 19.3 Å². The van der Waals surface area contributed by atoms with Crippen LogP contribution in [0.1, 0.15) is 18.7 Å². The van der Waals surface area contributed by atoms with Crippen molar-refractivity contribution in [2.75, 3.05) is 39.0 Å². The summed E-state index contributed by atoms with van der Waals surface area (Å²) in [4.78, 5) is 50.4. The van der Waals surface area contributed by atoms with Crippen LogP contribution in [0, 0.1) is 0 Å². The third kappa shape index (κ3) is 5.41. The van der Waals surface area contributed by atoms with E-state index in [2.05, 4.69) is 20.6 Å². The van der Waals surface area contributed by atoms with Gasteiger partial charge in [0.1, 0.15) is 30.2 Å². The van der Waals surface area contributed by atoms with Gasteiger partial charge in [0.2, 0.25) is 27.7 Å². The zero-order valence-corrected chi connectivity index (χ0v) is 21.7. The van der Waals surface area contributed by atoms with Crippen molar-refractivity contribution in [3.05, 3.63) is 18.2 Å². The fourth-order valence-corrected chi connectivity index (χ4v) is 6.79. The molecule has 5 rings (SSSR count). The maximum Gasteiger partial charge on any atom is 0.240 e. The molecule has 0 radical (unpaired) electrons. The van der Waals surface area contributed by atoms with Crippen LogP contribution in [0.15, 0.2) is 12.4 Å². The molecule has 4 saturated heterocycles. The third-order valence-corrected chi connectivity index (χ3v) is 8.95. The molecule has 0 aromatic carbocycles. The highest BCUT2D eigenvalue weighted by Crippen LogP contribution is 2.27. The number of hydrogen-bond acceptors (Lipinski definition) is 10. The number of nitrogens with zero attached hydrogens (tertiary/aromatic N) is 4. The average molecular weight is 556 g/mol. The first-order valence-electron chi connectivity index (χ1n) is 12.6. The number of aliphatic hydroxyl groups excluding tert-OH is 2. The van der Waals surface area contributed by atoms with Gasteiger partial charge in [0.15, 0.2) is 0 Å². The number of sulfonamides is 1. The molecule has 16 heteroatoms. The minimum absolute atomic E-state index is 0.0585. The van der Waals surface area contributed by atoms with Crippen LogP contribution in [0.25, 0.3) is 0 Å². The van der Waals surface area contributed by atoms with Gasteiger partial charge in [-0.2, -0.15) is 4.31 Å². The molecule has 1 aromatic rings. The van der Waals surface area contributed by atoms with Crippen molar-refractivity contribution in [3.63, 3.8) is 0 Å². The fourth-order valence-electron chi connectivity index (χ4n) is 5.76. The molecule has 38 heavy (non-hydrogen) atoms. The monoisotopic (exact) mass is 555 g/mol. The van der Waals surface area contributed by atoms with Crippen LogP contribution in [0.4, 0.5) is 0 Å². The van der Waals surface area contributed by atoms with Crippen molar-refractivity contribution in [2.24, 2.45) is 0 Å². The van der Waals surface area contributed by atoms with Crippen LogP contribution in [-0.4, -0.2) is 142 Å². The Kier molecular flexibility index (Phi) is 7.45. The maximum absolute atomic E-state index is 13.7. The summed E-state index contributed by atoms with van der Waals surface area (Å²) < 4.78 is 31.7. The predicted octanol–water partition coefficient (Wildman–Crippen LogP) is -4.05. The predicted molar refractivity (Wildman–Crippen MR) is 130 cm³/mol. The summed E-state index contributed by atoms with van der Waals surface area (Å²) in [6.45, 7) is 0.364. The Hall–Kier alpha value is -2.63. The van der Waals surface area contributed by atoms with E-state index in [4.69, 9.17) is 4.74 Å². The second kappa shape index (κ2) is 10.5. The molecule has 0 aliphatic carbocycles. The van der Waals surface area contributed by atoms with E-state index >= 15 is 0 Å². The second-order valence-electron chi connectivity index (χ2n) is 10.3. The molecule has 1 aromatic heterocycles. The number of H-pyrrole nitrogens is 1. The van der Waals surface area contributed by atoms with Crippen LogP contribution in [0.5, 0.6) is 0 Å². The van der Waals surface area contributed by atoms with Crippen molar-refractivity contribution in [3.8, 4) is 0 Å². The summed E-state index contributed by atoms with van der Waals surface area (Å²) in [5, 5.41) is 26.4. The molecule has 5 heterocycles. The van der Waals surface area contributed by atoms with Crippen molar-refractivity contribution >= 4 is 27.7 Å². The van der Waals surface area contributed by atoms with Crippen molar-refractivity contribution in [1.82, 2.24) is 34.7 Å². The number of aliphatic hydroxyl groups is 2. The van der Waals surface area contributed by atoms with E-state index in [1.54, 1.807) is 12.4 Å². The first-order chi connectivity index (χ1) is 18.0. The number of fused-ring (bicyclic) bond motifs is 6. The summed E-state index contributed by atoms with van der Waals surface area (Å²) in [6, 6.07) is -2.19. The summed E-state index contributed by atoms with van der Waals surface area (Å²) in [5.41, 5.74) is 0. The Morgan fingerprint density at radius 1 is 1.11 bits per heavy atom. The van der Waals surface area contributed by atoms with Crippen molar-refractivity contribution in [2.45, 2.75) is 61.9 Å². The lowest BCUT2D eigenvalue weighted by Gasteiger charge is -2.40. The Labute approximate surface area is 219 Å². The number of carbonyl (C=O) groups excluding carboxylic acids is 3. The van der Waals surface area contributed by atoms with Gasteiger partial charge >= 0.3 is 0 Å². The molecular formula is C22H33N7O8S. The number of imidazole rings is 1.